The lowest BCUT2D eigenvalue weighted by atomic mass is 10.00. The van der Waals surface area contributed by atoms with E-state index in [0.717, 1.165) is 0 Å². The fourth-order valence-corrected chi connectivity index (χ4v) is 1.49. The van der Waals surface area contributed by atoms with E-state index in [1.807, 2.05) is 13.8 Å². The fraction of sp³-hybridized carbons (Fsp3) is 0.778. The van der Waals surface area contributed by atoms with Gasteiger partial charge in [0.1, 0.15) is 0 Å². The van der Waals surface area contributed by atoms with Crippen molar-refractivity contribution in [3.05, 3.63) is 0 Å². The van der Waals surface area contributed by atoms with Crippen molar-refractivity contribution in [1.82, 2.24) is 4.90 Å². The Bertz CT molecular complexity index is 240. The molecule has 0 saturated carbocycles. The number of likely N-dealkylation sites (tertiary alicyclic amines) is 1. The van der Waals surface area contributed by atoms with Crippen molar-refractivity contribution in [3.8, 4) is 6.07 Å². The maximum Gasteiger partial charge on any atom is 0.236 e. The first-order valence-corrected chi connectivity index (χ1v) is 5.30. The molecule has 0 bridgehead atoms. The average Bonchev–Trinajstić information content (AvgIpc) is 2.00. The number of hydrogen-bond donors (Lipinski definition) is 0. The first-order chi connectivity index (χ1) is 6.06. The predicted octanol–water partition coefficient (Wildman–Crippen LogP) is 1.39. The quantitative estimate of drug-likeness (QED) is 0.690. The van der Waals surface area contributed by atoms with Crippen LogP contribution in [0.3, 0.4) is 0 Å². The third-order valence-corrected chi connectivity index (χ3v) is 3.65. The van der Waals surface area contributed by atoms with Crippen LogP contribution in [0.2, 0.25) is 0 Å². The molecule has 3 nitrogen and oxygen atoms in total. The number of amides is 1. The topological polar surface area (TPSA) is 44.1 Å². The van der Waals surface area contributed by atoms with Crippen LogP contribution in [0.15, 0.2) is 0 Å². The summed E-state index contributed by atoms with van der Waals surface area (Å²) in [5.74, 6) is 0.464. The van der Waals surface area contributed by atoms with Crippen LogP contribution < -0.4 is 0 Å². The molecular formula is C9H13BrN2O. The van der Waals surface area contributed by atoms with E-state index in [1.54, 1.807) is 4.90 Å². The summed E-state index contributed by atoms with van der Waals surface area (Å²) in [7, 11) is 0. The smallest absolute Gasteiger partial charge is 0.236 e. The molecule has 0 aromatic carbocycles. The van der Waals surface area contributed by atoms with Gasteiger partial charge in [0, 0.05) is 13.1 Å². The van der Waals surface area contributed by atoms with Gasteiger partial charge in [-0.15, -0.1) is 0 Å². The van der Waals surface area contributed by atoms with Gasteiger partial charge in [-0.2, -0.15) is 5.26 Å². The molecule has 1 atom stereocenters. The lowest BCUT2D eigenvalue weighted by Crippen LogP contribution is -2.52. The van der Waals surface area contributed by atoms with Crippen LogP contribution in [-0.4, -0.2) is 28.7 Å². The summed E-state index contributed by atoms with van der Waals surface area (Å²) >= 11 is 3.35. The SMILES string of the molecule is CC(C)C(Br)C(=O)N1CC(C#N)C1. The summed E-state index contributed by atoms with van der Waals surface area (Å²) in [6.45, 7) is 5.20. The second-order valence-electron chi connectivity index (χ2n) is 3.72. The number of nitriles is 1. The standard InChI is InChI=1S/C9H13BrN2O/c1-6(2)8(10)9(13)12-4-7(3-11)5-12/h6-8H,4-5H2,1-2H3. The average molecular weight is 245 g/mol. The van der Waals surface area contributed by atoms with E-state index >= 15 is 0 Å². The van der Waals surface area contributed by atoms with Crippen LogP contribution in [0.25, 0.3) is 0 Å². The van der Waals surface area contributed by atoms with Gasteiger partial charge in [-0.25, -0.2) is 0 Å². The lowest BCUT2D eigenvalue weighted by Gasteiger charge is -2.37. The largest absolute Gasteiger partial charge is 0.339 e. The molecule has 0 aliphatic carbocycles. The molecule has 13 heavy (non-hydrogen) atoms. The Balaban J connectivity index is 2.40. The molecule has 1 amide bonds. The van der Waals surface area contributed by atoms with E-state index in [1.165, 1.54) is 0 Å². The second kappa shape index (κ2) is 4.10. The molecule has 0 spiro atoms. The predicted molar refractivity (Wildman–Crippen MR) is 53.2 cm³/mol. The maximum atomic E-state index is 11.6. The van der Waals surface area contributed by atoms with Crippen molar-refractivity contribution in [1.29, 1.82) is 5.26 Å². The number of nitrogens with zero attached hydrogens (tertiary/aromatic N) is 2. The van der Waals surface area contributed by atoms with Gasteiger partial charge >= 0.3 is 0 Å². The highest BCUT2D eigenvalue weighted by Gasteiger charge is 2.34. The highest BCUT2D eigenvalue weighted by atomic mass is 79.9. The zero-order valence-corrected chi connectivity index (χ0v) is 9.41. The number of carbonyl (C=O) groups excluding carboxylic acids is 1. The molecule has 0 aromatic rings. The van der Waals surface area contributed by atoms with Crippen LogP contribution in [-0.2, 0) is 4.79 Å². The summed E-state index contributed by atoms with van der Waals surface area (Å²) in [6, 6.07) is 2.15. The highest BCUT2D eigenvalue weighted by Crippen LogP contribution is 2.21. The summed E-state index contributed by atoms with van der Waals surface area (Å²) in [6.07, 6.45) is 0. The fourth-order valence-electron chi connectivity index (χ4n) is 1.20. The van der Waals surface area contributed by atoms with Gasteiger partial charge in [0.05, 0.1) is 16.8 Å². The third-order valence-electron chi connectivity index (χ3n) is 2.20. The van der Waals surface area contributed by atoms with Crippen molar-refractivity contribution < 1.29 is 4.79 Å². The van der Waals surface area contributed by atoms with Crippen molar-refractivity contribution in [2.75, 3.05) is 13.1 Å². The zero-order valence-electron chi connectivity index (χ0n) is 7.83. The Kier molecular flexibility index (Phi) is 3.32. The monoisotopic (exact) mass is 244 g/mol. The summed E-state index contributed by atoms with van der Waals surface area (Å²) in [5, 5.41) is 8.53. The molecule has 0 N–H and O–H groups in total. The molecule has 1 unspecified atom stereocenters. The first kappa shape index (κ1) is 10.5. The van der Waals surface area contributed by atoms with E-state index in [-0.39, 0.29) is 16.7 Å². The molecule has 0 radical (unpaired) electrons. The minimum atomic E-state index is -0.104. The minimum Gasteiger partial charge on any atom is -0.339 e. The van der Waals surface area contributed by atoms with Crippen LogP contribution in [0, 0.1) is 23.2 Å². The van der Waals surface area contributed by atoms with Gasteiger partial charge < -0.3 is 4.90 Å². The van der Waals surface area contributed by atoms with Crippen LogP contribution in [0.4, 0.5) is 0 Å². The zero-order chi connectivity index (χ0) is 10.0. The van der Waals surface area contributed by atoms with Crippen LogP contribution in [0.1, 0.15) is 13.8 Å². The third kappa shape index (κ3) is 2.22. The maximum absolute atomic E-state index is 11.6. The van der Waals surface area contributed by atoms with Gasteiger partial charge in [-0.05, 0) is 5.92 Å². The second-order valence-corrected chi connectivity index (χ2v) is 4.70. The molecule has 1 heterocycles. The molecule has 1 fully saturated rings. The molecule has 1 aliphatic rings. The molecule has 1 aliphatic heterocycles. The Morgan fingerprint density at radius 3 is 2.54 bits per heavy atom. The van der Waals surface area contributed by atoms with Gasteiger partial charge in [-0.3, -0.25) is 4.79 Å². The van der Waals surface area contributed by atoms with E-state index in [2.05, 4.69) is 22.0 Å². The Hall–Kier alpha value is -0.560. The molecular weight excluding hydrogens is 232 g/mol. The summed E-state index contributed by atoms with van der Waals surface area (Å²) in [5.41, 5.74) is 0. The van der Waals surface area contributed by atoms with Gasteiger partial charge in [0.15, 0.2) is 0 Å². The Morgan fingerprint density at radius 2 is 2.15 bits per heavy atom. The molecule has 1 rings (SSSR count). The van der Waals surface area contributed by atoms with Gasteiger partial charge in [0.2, 0.25) is 5.91 Å². The van der Waals surface area contributed by atoms with Gasteiger partial charge in [-0.1, -0.05) is 29.8 Å². The number of carbonyl (C=O) groups is 1. The van der Waals surface area contributed by atoms with E-state index in [0.29, 0.717) is 19.0 Å². The first-order valence-electron chi connectivity index (χ1n) is 4.38. The van der Waals surface area contributed by atoms with Crippen LogP contribution in [0.5, 0.6) is 0 Å². The van der Waals surface area contributed by atoms with E-state index in [9.17, 15) is 4.79 Å². The number of rotatable bonds is 2. The van der Waals surface area contributed by atoms with Crippen molar-refractivity contribution in [3.63, 3.8) is 0 Å². The summed E-state index contributed by atoms with van der Waals surface area (Å²) < 4.78 is 0. The van der Waals surface area contributed by atoms with Crippen molar-refractivity contribution in [2.24, 2.45) is 11.8 Å². The molecule has 0 aromatic heterocycles. The molecule has 1 saturated heterocycles. The molecule has 4 heteroatoms. The lowest BCUT2D eigenvalue weighted by molar-refractivity contribution is -0.136. The van der Waals surface area contributed by atoms with Crippen molar-refractivity contribution in [2.45, 2.75) is 18.7 Å². The summed E-state index contributed by atoms with van der Waals surface area (Å²) in [4.78, 5) is 13.2. The number of halogens is 1. The molecule has 72 valence electrons. The number of hydrogen-bond acceptors (Lipinski definition) is 2. The normalized spacial score (nSPS) is 19.5. The highest BCUT2D eigenvalue weighted by molar-refractivity contribution is 9.10. The van der Waals surface area contributed by atoms with Crippen molar-refractivity contribution >= 4 is 21.8 Å². The van der Waals surface area contributed by atoms with Gasteiger partial charge in [0.25, 0.3) is 0 Å². The number of alkyl halides is 1. The van der Waals surface area contributed by atoms with E-state index < -0.39 is 0 Å². The van der Waals surface area contributed by atoms with E-state index in [4.69, 9.17) is 5.26 Å². The minimum absolute atomic E-state index is 0.0517. The Labute approximate surface area is 86.8 Å². The van der Waals surface area contributed by atoms with Crippen LogP contribution >= 0.6 is 15.9 Å². The Morgan fingerprint density at radius 1 is 1.62 bits per heavy atom.